The Hall–Kier alpha value is -2.81. The van der Waals surface area contributed by atoms with E-state index in [4.69, 9.17) is 14.2 Å². The predicted octanol–water partition coefficient (Wildman–Crippen LogP) is 0.545. The minimum atomic E-state index is -0.769. The predicted molar refractivity (Wildman–Crippen MR) is 110 cm³/mol. The topological polar surface area (TPSA) is 98.6 Å². The molecule has 1 aromatic carbocycles. The molecule has 30 heavy (non-hydrogen) atoms. The second-order valence-corrected chi connectivity index (χ2v) is 7.08. The molecule has 0 spiro atoms. The quantitative estimate of drug-likeness (QED) is 0.603. The van der Waals surface area contributed by atoms with Crippen LogP contribution in [-0.4, -0.2) is 69.8 Å². The smallest absolute Gasteiger partial charge is 0.414 e. The van der Waals surface area contributed by atoms with E-state index >= 15 is 0 Å². The van der Waals surface area contributed by atoms with Crippen molar-refractivity contribution >= 4 is 17.9 Å². The van der Waals surface area contributed by atoms with Gasteiger partial charge in [-0.25, -0.2) is 4.79 Å². The van der Waals surface area contributed by atoms with E-state index in [1.165, 1.54) is 0 Å². The lowest BCUT2D eigenvalue weighted by molar-refractivity contribution is -0.882. The van der Waals surface area contributed by atoms with Crippen LogP contribution in [0.25, 0.3) is 0 Å². The van der Waals surface area contributed by atoms with Gasteiger partial charge in [-0.15, -0.1) is 0 Å². The van der Waals surface area contributed by atoms with Gasteiger partial charge in [0.15, 0.2) is 13.1 Å². The van der Waals surface area contributed by atoms with Crippen molar-refractivity contribution in [2.45, 2.75) is 32.7 Å². The molecule has 3 amide bonds. The number of amides is 3. The number of imide groups is 1. The molecule has 0 aliphatic carbocycles. The minimum Gasteiger partial charge on any atom is -0.497 e. The Morgan fingerprint density at radius 3 is 2.57 bits per heavy atom. The normalized spacial score (nSPS) is 16.7. The molecule has 1 fully saturated rings. The maximum Gasteiger partial charge on any atom is 0.414 e. The van der Waals surface area contributed by atoms with Crippen LogP contribution in [0.3, 0.4) is 0 Å². The molecule has 2 atom stereocenters. The lowest BCUT2D eigenvalue weighted by Crippen LogP contribution is -3.14. The van der Waals surface area contributed by atoms with Gasteiger partial charge in [-0.05, 0) is 44.9 Å². The zero-order valence-electron chi connectivity index (χ0n) is 18.2. The van der Waals surface area contributed by atoms with E-state index < -0.39 is 12.0 Å². The molecular weight excluding hydrogens is 390 g/mol. The highest BCUT2D eigenvalue weighted by molar-refractivity contribution is 5.92. The number of ether oxygens (including phenoxy) is 3. The molecule has 1 unspecified atom stereocenters. The number of benzene rings is 1. The van der Waals surface area contributed by atoms with Crippen LogP contribution in [0.5, 0.6) is 11.5 Å². The van der Waals surface area contributed by atoms with Gasteiger partial charge in [-0.3, -0.25) is 14.9 Å². The first-order chi connectivity index (χ1) is 14.4. The van der Waals surface area contributed by atoms with Crippen molar-refractivity contribution in [3.05, 3.63) is 23.8 Å². The third-order valence-corrected chi connectivity index (χ3v) is 5.20. The van der Waals surface area contributed by atoms with E-state index in [-0.39, 0.29) is 31.6 Å². The van der Waals surface area contributed by atoms with Gasteiger partial charge in [0.1, 0.15) is 11.5 Å². The number of quaternary nitrogens is 1. The van der Waals surface area contributed by atoms with Crippen molar-refractivity contribution in [3.8, 4) is 11.5 Å². The summed E-state index contributed by atoms with van der Waals surface area (Å²) in [6, 6.07) is 5.48. The average Bonchev–Trinajstić information content (AvgIpc) is 3.22. The van der Waals surface area contributed by atoms with Gasteiger partial charge in [0, 0.05) is 12.1 Å². The number of rotatable bonds is 9. The van der Waals surface area contributed by atoms with Gasteiger partial charge in [0.2, 0.25) is 0 Å². The molecule has 1 aliphatic rings. The number of methoxy groups -OCH3 is 2. The Morgan fingerprint density at radius 1 is 1.17 bits per heavy atom. The largest absolute Gasteiger partial charge is 0.497 e. The molecule has 0 bridgehead atoms. The lowest BCUT2D eigenvalue weighted by Gasteiger charge is -2.28. The number of likely N-dealkylation sites (tertiary alicyclic amines) is 1. The molecule has 2 rings (SSSR count). The fourth-order valence-electron chi connectivity index (χ4n) is 3.67. The molecule has 0 saturated carbocycles. The SMILES string of the molecule is CCOC(=O)NC(=O)C[NH+](CC)CC(=O)N1CCC[C@H]1c1cc(OC)ccc1OC. The van der Waals surface area contributed by atoms with E-state index in [1.54, 1.807) is 21.1 Å². The average molecular weight is 423 g/mol. The van der Waals surface area contributed by atoms with Crippen molar-refractivity contribution in [1.82, 2.24) is 10.2 Å². The zero-order chi connectivity index (χ0) is 22.1. The van der Waals surface area contributed by atoms with Crippen LogP contribution in [0.15, 0.2) is 18.2 Å². The van der Waals surface area contributed by atoms with E-state index in [0.717, 1.165) is 23.3 Å². The van der Waals surface area contributed by atoms with Crippen molar-refractivity contribution in [3.63, 3.8) is 0 Å². The first kappa shape index (κ1) is 23.5. The Labute approximate surface area is 177 Å². The molecule has 0 radical (unpaired) electrons. The van der Waals surface area contributed by atoms with Gasteiger partial charge in [0.05, 0.1) is 33.4 Å². The van der Waals surface area contributed by atoms with Crippen molar-refractivity contribution < 1.29 is 33.5 Å². The maximum absolute atomic E-state index is 13.1. The fourth-order valence-corrected chi connectivity index (χ4v) is 3.67. The first-order valence-electron chi connectivity index (χ1n) is 10.2. The second kappa shape index (κ2) is 11.4. The summed E-state index contributed by atoms with van der Waals surface area (Å²) in [5, 5.41) is 2.17. The molecule has 166 valence electrons. The van der Waals surface area contributed by atoms with Crippen LogP contribution in [0.2, 0.25) is 0 Å². The summed E-state index contributed by atoms with van der Waals surface area (Å²) in [5.41, 5.74) is 0.917. The van der Waals surface area contributed by atoms with Crippen LogP contribution >= 0.6 is 0 Å². The Morgan fingerprint density at radius 2 is 1.93 bits per heavy atom. The van der Waals surface area contributed by atoms with Crippen LogP contribution < -0.4 is 19.7 Å². The van der Waals surface area contributed by atoms with E-state index in [1.807, 2.05) is 30.0 Å². The van der Waals surface area contributed by atoms with Gasteiger partial charge in [0.25, 0.3) is 11.8 Å². The van der Waals surface area contributed by atoms with Crippen molar-refractivity contribution in [1.29, 1.82) is 0 Å². The summed E-state index contributed by atoms with van der Waals surface area (Å²) in [6.07, 6.45) is 0.954. The summed E-state index contributed by atoms with van der Waals surface area (Å²) < 4.78 is 15.6. The minimum absolute atomic E-state index is 0.0159. The molecule has 9 nitrogen and oxygen atoms in total. The van der Waals surface area contributed by atoms with Gasteiger partial charge < -0.3 is 24.0 Å². The summed E-state index contributed by atoms with van der Waals surface area (Å²) in [7, 11) is 3.21. The number of nitrogens with one attached hydrogen (secondary N) is 2. The lowest BCUT2D eigenvalue weighted by atomic mass is 10.0. The summed E-state index contributed by atoms with van der Waals surface area (Å²) >= 11 is 0. The molecule has 9 heteroatoms. The van der Waals surface area contributed by atoms with Crippen LogP contribution in [-0.2, 0) is 14.3 Å². The van der Waals surface area contributed by atoms with Crippen molar-refractivity contribution in [2.24, 2.45) is 0 Å². The van der Waals surface area contributed by atoms with Crippen molar-refractivity contribution in [2.75, 3.05) is 47.0 Å². The van der Waals surface area contributed by atoms with Gasteiger partial charge >= 0.3 is 6.09 Å². The number of hydrogen-bond acceptors (Lipinski definition) is 6. The number of hydrogen-bond donors (Lipinski definition) is 2. The van der Waals surface area contributed by atoms with E-state index in [9.17, 15) is 14.4 Å². The molecule has 0 aromatic heterocycles. The molecule has 1 aliphatic heterocycles. The number of carbonyl (C=O) groups excluding carboxylic acids is 3. The third kappa shape index (κ3) is 6.09. The maximum atomic E-state index is 13.1. The third-order valence-electron chi connectivity index (χ3n) is 5.20. The van der Waals surface area contributed by atoms with E-state index in [2.05, 4.69) is 5.32 Å². The Kier molecular flexibility index (Phi) is 8.91. The standard InChI is InChI=1S/C21H31N3O6/c1-5-23(13-19(25)22-21(27)30-6-2)14-20(26)24-11-7-8-17(24)16-12-15(28-3)9-10-18(16)29-4/h9-10,12,17H,5-8,11,13-14H2,1-4H3,(H,22,25,27)/p+1/t17-/m0/s1. The molecule has 1 heterocycles. The molecule has 1 saturated heterocycles. The number of alkyl carbamates (subject to hydrolysis) is 1. The number of likely N-dealkylation sites (N-methyl/N-ethyl adjacent to an activating group) is 1. The van der Waals surface area contributed by atoms with Gasteiger partial charge in [-0.1, -0.05) is 0 Å². The monoisotopic (exact) mass is 422 g/mol. The number of nitrogens with zero attached hydrogens (tertiary/aromatic N) is 1. The molecule has 2 N–H and O–H groups in total. The van der Waals surface area contributed by atoms with E-state index in [0.29, 0.717) is 24.6 Å². The second-order valence-electron chi connectivity index (χ2n) is 7.08. The molecular formula is C21H32N3O6+. The Balaban J connectivity index is 2.06. The van der Waals surface area contributed by atoms with Crippen LogP contribution in [0, 0.1) is 0 Å². The first-order valence-corrected chi connectivity index (χ1v) is 10.2. The van der Waals surface area contributed by atoms with Gasteiger partial charge in [-0.2, -0.15) is 0 Å². The summed E-state index contributed by atoms with van der Waals surface area (Å²) in [5.74, 6) is 0.921. The Bertz CT molecular complexity index is 754. The summed E-state index contributed by atoms with van der Waals surface area (Å²) in [6.45, 7) is 5.14. The highest BCUT2D eigenvalue weighted by Crippen LogP contribution is 2.38. The highest BCUT2D eigenvalue weighted by Gasteiger charge is 2.34. The van der Waals surface area contributed by atoms with Crippen LogP contribution in [0.4, 0.5) is 4.79 Å². The van der Waals surface area contributed by atoms with Crippen LogP contribution in [0.1, 0.15) is 38.3 Å². The summed E-state index contributed by atoms with van der Waals surface area (Å²) in [4.78, 5) is 39.1. The molecule has 1 aromatic rings. The number of carbonyl (C=O) groups is 3. The zero-order valence-corrected chi connectivity index (χ0v) is 18.2. The fraction of sp³-hybridized carbons (Fsp3) is 0.571. The highest BCUT2D eigenvalue weighted by atomic mass is 16.5.